The molecule has 2 heterocycles. The molecule has 7 heteroatoms. The van der Waals surface area contributed by atoms with Crippen molar-refractivity contribution < 1.29 is 4.79 Å². The largest absolute Gasteiger partial charge is 0.311 e. The zero-order valence-electron chi connectivity index (χ0n) is 12.0. The third kappa shape index (κ3) is 3.48. The third-order valence-electron chi connectivity index (χ3n) is 3.87. The van der Waals surface area contributed by atoms with Crippen molar-refractivity contribution in [3.05, 3.63) is 24.9 Å². The minimum absolute atomic E-state index is 0.0230. The van der Waals surface area contributed by atoms with E-state index in [-0.39, 0.29) is 5.91 Å². The van der Waals surface area contributed by atoms with E-state index in [0.717, 1.165) is 25.1 Å². The van der Waals surface area contributed by atoms with Crippen molar-refractivity contribution in [2.24, 2.45) is 0 Å². The number of aromatic nitrogens is 5. The van der Waals surface area contributed by atoms with Crippen LogP contribution in [-0.2, 0) is 11.3 Å². The van der Waals surface area contributed by atoms with Gasteiger partial charge in [0.15, 0.2) is 0 Å². The van der Waals surface area contributed by atoms with E-state index in [1.54, 1.807) is 17.2 Å². The number of amides is 1. The van der Waals surface area contributed by atoms with Gasteiger partial charge in [-0.2, -0.15) is 10.2 Å². The topological polar surface area (TPSA) is 77.6 Å². The van der Waals surface area contributed by atoms with Crippen LogP contribution in [0.1, 0.15) is 44.6 Å². The molecular formula is C14H20N6O. The van der Waals surface area contributed by atoms with Crippen LogP contribution in [0.25, 0.3) is 0 Å². The smallest absolute Gasteiger partial charge is 0.225 e. The van der Waals surface area contributed by atoms with E-state index in [2.05, 4.69) is 20.5 Å². The molecule has 1 amide bonds. The highest BCUT2D eigenvalue weighted by atomic mass is 16.1. The van der Waals surface area contributed by atoms with Gasteiger partial charge in [-0.05, 0) is 19.3 Å². The molecule has 0 aliphatic heterocycles. The fraction of sp³-hybridized carbons (Fsp3) is 0.571. The molecule has 112 valence electrons. The summed E-state index contributed by atoms with van der Waals surface area (Å²) in [5, 5.41) is 11.3. The highest BCUT2D eigenvalue weighted by molar-refractivity contribution is 5.89. The van der Waals surface area contributed by atoms with Gasteiger partial charge in [0.05, 0.1) is 12.2 Å². The highest BCUT2D eigenvalue weighted by Gasteiger charge is 2.20. The average molecular weight is 288 g/mol. The summed E-state index contributed by atoms with van der Waals surface area (Å²) < 4.78 is 3.69. The van der Waals surface area contributed by atoms with E-state index < -0.39 is 0 Å². The molecule has 2 aromatic heterocycles. The van der Waals surface area contributed by atoms with Gasteiger partial charge in [-0.15, -0.1) is 0 Å². The van der Waals surface area contributed by atoms with Crippen LogP contribution in [0.3, 0.4) is 0 Å². The second-order valence-electron chi connectivity index (χ2n) is 5.41. The molecule has 1 fully saturated rings. The number of hydrogen-bond donors (Lipinski definition) is 1. The van der Waals surface area contributed by atoms with Gasteiger partial charge in [0.1, 0.15) is 18.5 Å². The summed E-state index contributed by atoms with van der Waals surface area (Å²) in [5.41, 5.74) is 0. The van der Waals surface area contributed by atoms with E-state index in [9.17, 15) is 4.79 Å². The zero-order chi connectivity index (χ0) is 14.5. The summed E-state index contributed by atoms with van der Waals surface area (Å²) in [5.74, 6) is 0.836. The molecule has 1 aliphatic carbocycles. The predicted octanol–water partition coefficient (Wildman–Crippen LogP) is 2.01. The Morgan fingerprint density at radius 3 is 2.95 bits per heavy atom. The fourth-order valence-corrected chi connectivity index (χ4v) is 2.81. The van der Waals surface area contributed by atoms with E-state index in [0.29, 0.717) is 19.0 Å². The maximum Gasteiger partial charge on any atom is 0.225 e. The van der Waals surface area contributed by atoms with E-state index in [1.165, 1.54) is 19.2 Å². The van der Waals surface area contributed by atoms with Gasteiger partial charge in [0.25, 0.3) is 0 Å². The van der Waals surface area contributed by atoms with Crippen molar-refractivity contribution in [2.45, 2.75) is 51.1 Å². The number of nitrogens with zero attached hydrogens (tertiary/aromatic N) is 5. The van der Waals surface area contributed by atoms with Gasteiger partial charge in [0, 0.05) is 19.0 Å². The molecule has 0 aromatic carbocycles. The number of rotatable bonds is 6. The summed E-state index contributed by atoms with van der Waals surface area (Å²) >= 11 is 0. The monoisotopic (exact) mass is 288 g/mol. The maximum absolute atomic E-state index is 12.0. The molecule has 7 nitrogen and oxygen atoms in total. The number of anilines is 1. The van der Waals surface area contributed by atoms with Crippen molar-refractivity contribution in [2.75, 3.05) is 5.32 Å². The Kier molecular flexibility index (Phi) is 4.28. The van der Waals surface area contributed by atoms with Crippen molar-refractivity contribution in [1.29, 1.82) is 0 Å². The molecule has 1 N–H and O–H groups in total. The predicted molar refractivity (Wildman–Crippen MR) is 77.6 cm³/mol. The van der Waals surface area contributed by atoms with Crippen molar-refractivity contribution in [3.63, 3.8) is 0 Å². The van der Waals surface area contributed by atoms with Crippen LogP contribution in [0.5, 0.6) is 0 Å². The summed E-state index contributed by atoms with van der Waals surface area (Å²) in [6, 6.07) is 2.30. The molecule has 2 aromatic rings. The summed E-state index contributed by atoms with van der Waals surface area (Å²) in [4.78, 5) is 15.9. The molecule has 3 rings (SSSR count). The number of carbonyl (C=O) groups is 1. The normalized spacial score (nSPS) is 15.4. The first-order valence-corrected chi connectivity index (χ1v) is 7.49. The Morgan fingerprint density at radius 1 is 1.33 bits per heavy atom. The number of nitrogens with one attached hydrogen (secondary N) is 1. The number of carbonyl (C=O) groups excluding carboxylic acids is 1. The molecule has 0 radical (unpaired) electrons. The third-order valence-corrected chi connectivity index (χ3v) is 3.87. The van der Waals surface area contributed by atoms with Crippen molar-refractivity contribution in [1.82, 2.24) is 24.5 Å². The number of aryl methyl sites for hydroxylation is 1. The van der Waals surface area contributed by atoms with Gasteiger partial charge >= 0.3 is 0 Å². The minimum atomic E-state index is 0.0230. The molecule has 1 aliphatic rings. The van der Waals surface area contributed by atoms with Crippen molar-refractivity contribution >= 4 is 11.7 Å². The zero-order valence-corrected chi connectivity index (χ0v) is 12.0. The minimum Gasteiger partial charge on any atom is -0.311 e. The Bertz CT molecular complexity index is 570. The summed E-state index contributed by atoms with van der Waals surface area (Å²) in [7, 11) is 0. The Balaban J connectivity index is 1.49. The van der Waals surface area contributed by atoms with Crippen LogP contribution in [0.15, 0.2) is 24.9 Å². The second kappa shape index (κ2) is 6.51. The quantitative estimate of drug-likeness (QED) is 0.882. The van der Waals surface area contributed by atoms with Crippen LogP contribution >= 0.6 is 0 Å². The molecule has 0 atom stereocenters. The first-order valence-electron chi connectivity index (χ1n) is 7.49. The van der Waals surface area contributed by atoms with Crippen LogP contribution in [0.2, 0.25) is 0 Å². The summed E-state index contributed by atoms with van der Waals surface area (Å²) in [6.07, 6.45) is 10.9. The van der Waals surface area contributed by atoms with Gasteiger partial charge in [-0.3, -0.25) is 9.48 Å². The average Bonchev–Trinajstić information content (AvgIpc) is 3.20. The van der Waals surface area contributed by atoms with Crippen molar-refractivity contribution in [3.8, 4) is 0 Å². The van der Waals surface area contributed by atoms with E-state index >= 15 is 0 Å². The lowest BCUT2D eigenvalue weighted by atomic mass is 10.2. The fourth-order valence-electron chi connectivity index (χ4n) is 2.81. The molecular weight excluding hydrogens is 268 g/mol. The van der Waals surface area contributed by atoms with Crippen LogP contribution in [0.4, 0.5) is 5.82 Å². The summed E-state index contributed by atoms with van der Waals surface area (Å²) in [6.45, 7) is 0.704. The lowest BCUT2D eigenvalue weighted by Crippen LogP contribution is -2.17. The molecule has 1 saturated carbocycles. The lowest BCUT2D eigenvalue weighted by molar-refractivity contribution is -0.116. The maximum atomic E-state index is 12.0. The molecule has 0 saturated heterocycles. The number of hydrogen-bond acceptors (Lipinski definition) is 4. The molecule has 21 heavy (non-hydrogen) atoms. The first kappa shape index (κ1) is 13.8. The van der Waals surface area contributed by atoms with E-state index in [4.69, 9.17) is 0 Å². The van der Waals surface area contributed by atoms with Crippen LogP contribution in [-0.4, -0.2) is 30.5 Å². The second-order valence-corrected chi connectivity index (χ2v) is 5.41. The van der Waals surface area contributed by atoms with Gasteiger partial charge in [-0.25, -0.2) is 9.67 Å². The van der Waals surface area contributed by atoms with Gasteiger partial charge in [0.2, 0.25) is 5.91 Å². The Labute approximate surface area is 123 Å². The van der Waals surface area contributed by atoms with Gasteiger partial charge in [-0.1, -0.05) is 12.8 Å². The molecule has 0 spiro atoms. The lowest BCUT2D eigenvalue weighted by Gasteiger charge is -2.14. The van der Waals surface area contributed by atoms with E-state index in [1.807, 2.05) is 10.7 Å². The Hall–Kier alpha value is -2.18. The Morgan fingerprint density at radius 2 is 2.19 bits per heavy atom. The van der Waals surface area contributed by atoms with Crippen LogP contribution < -0.4 is 5.32 Å². The SMILES string of the molecule is O=C(CCCn1cncn1)Nc1ccnn1C1CCCC1. The highest BCUT2D eigenvalue weighted by Crippen LogP contribution is 2.31. The molecule has 0 bridgehead atoms. The standard InChI is InChI=1S/C14H20N6O/c21-14(6-3-9-19-11-15-10-17-19)18-13-7-8-16-20(13)12-4-1-2-5-12/h7-8,10-12H,1-6,9H2,(H,18,21). The van der Waals surface area contributed by atoms with Crippen LogP contribution in [0, 0.1) is 0 Å². The first-order chi connectivity index (χ1) is 10.3. The molecule has 0 unspecified atom stereocenters. The van der Waals surface area contributed by atoms with Gasteiger partial charge < -0.3 is 5.32 Å².